The summed E-state index contributed by atoms with van der Waals surface area (Å²) in [6.45, 7) is 1.79. The van der Waals surface area contributed by atoms with Gasteiger partial charge in [-0.05, 0) is 6.42 Å². The van der Waals surface area contributed by atoms with Crippen LogP contribution >= 0.6 is 22.9 Å². The summed E-state index contributed by atoms with van der Waals surface area (Å²) in [4.78, 5) is 14.9. The molecule has 9 nitrogen and oxygen atoms in total. The van der Waals surface area contributed by atoms with Crippen molar-refractivity contribution in [2.45, 2.75) is 19.9 Å². The minimum atomic E-state index is -3.66. The van der Waals surface area contributed by atoms with Gasteiger partial charge in [0.2, 0.25) is 10.0 Å². The monoisotopic (exact) mass is 341 g/mol. The van der Waals surface area contributed by atoms with E-state index in [9.17, 15) is 18.5 Å². The Morgan fingerprint density at radius 3 is 2.85 bits per heavy atom. The predicted molar refractivity (Wildman–Crippen MR) is 75.6 cm³/mol. The van der Waals surface area contributed by atoms with Crippen molar-refractivity contribution >= 4 is 38.9 Å². The number of nitro groups is 1. The average molecular weight is 342 g/mol. The average Bonchev–Trinajstić information content (AvgIpc) is 2.70. The maximum absolute atomic E-state index is 11.6. The first-order valence-corrected chi connectivity index (χ1v) is 8.24. The van der Waals surface area contributed by atoms with Crippen molar-refractivity contribution in [3.63, 3.8) is 0 Å². The van der Waals surface area contributed by atoms with E-state index in [1.165, 1.54) is 17.5 Å². The number of aromatic nitrogens is 1. The van der Waals surface area contributed by atoms with E-state index >= 15 is 0 Å². The molecule has 0 fully saturated rings. The van der Waals surface area contributed by atoms with Gasteiger partial charge < -0.3 is 5.32 Å². The molecule has 1 aromatic heterocycles. The molecular formula is C8H12ClN5O4S2. The van der Waals surface area contributed by atoms with Crippen molar-refractivity contribution in [3.05, 3.63) is 25.7 Å². The lowest BCUT2D eigenvalue weighted by Gasteiger charge is -2.08. The number of guanidine groups is 1. The van der Waals surface area contributed by atoms with Gasteiger partial charge in [0.05, 0.1) is 12.3 Å². The zero-order valence-corrected chi connectivity index (χ0v) is 12.8. The Labute approximate surface area is 124 Å². The molecule has 0 saturated heterocycles. The molecule has 0 atom stereocenters. The molecule has 0 aliphatic rings. The Kier molecular flexibility index (Phi) is 6.10. The number of hydrazone groups is 1. The highest BCUT2D eigenvalue weighted by atomic mass is 35.5. The Morgan fingerprint density at radius 2 is 2.35 bits per heavy atom. The van der Waals surface area contributed by atoms with Crippen LogP contribution in [0.25, 0.3) is 0 Å². The Balaban J connectivity index is 2.73. The van der Waals surface area contributed by atoms with E-state index in [1.54, 1.807) is 6.92 Å². The van der Waals surface area contributed by atoms with Crippen LogP contribution < -0.4 is 10.0 Å². The first kappa shape index (κ1) is 16.6. The normalized spacial score (nSPS) is 12.2. The van der Waals surface area contributed by atoms with Gasteiger partial charge in [0.25, 0.3) is 5.96 Å². The molecule has 0 saturated carbocycles. The first-order valence-electron chi connectivity index (χ1n) is 5.40. The van der Waals surface area contributed by atoms with Crippen LogP contribution in [0.5, 0.6) is 0 Å². The molecule has 20 heavy (non-hydrogen) atoms. The van der Waals surface area contributed by atoms with Crippen molar-refractivity contribution in [3.8, 4) is 0 Å². The smallest absolute Gasteiger partial charge is 0.282 e. The number of rotatable bonds is 6. The SMILES string of the molecule is CCCS(=O)(=O)NC(=N[N+](=O)[O-])NCc1cnc(Cl)s1. The molecule has 2 N–H and O–H groups in total. The van der Waals surface area contributed by atoms with Crippen LogP contribution in [0.1, 0.15) is 18.2 Å². The third-order valence-electron chi connectivity index (χ3n) is 1.86. The van der Waals surface area contributed by atoms with Gasteiger partial charge in [0, 0.05) is 11.1 Å². The van der Waals surface area contributed by atoms with Crippen molar-refractivity contribution in [1.29, 1.82) is 0 Å². The zero-order valence-electron chi connectivity index (χ0n) is 10.4. The maximum Gasteiger partial charge on any atom is 0.282 e. The van der Waals surface area contributed by atoms with E-state index in [2.05, 4.69) is 15.4 Å². The second-order valence-electron chi connectivity index (χ2n) is 3.54. The first-order chi connectivity index (χ1) is 9.32. The molecule has 0 aromatic carbocycles. The van der Waals surface area contributed by atoms with Crippen LogP contribution in [-0.4, -0.2) is 30.1 Å². The summed E-state index contributed by atoms with van der Waals surface area (Å²) >= 11 is 6.80. The highest BCUT2D eigenvalue weighted by molar-refractivity contribution is 7.90. The lowest BCUT2D eigenvalue weighted by atomic mass is 10.5. The van der Waals surface area contributed by atoms with Gasteiger partial charge >= 0.3 is 0 Å². The van der Waals surface area contributed by atoms with Gasteiger partial charge in [0.1, 0.15) is 5.10 Å². The number of hydrogen-bond acceptors (Lipinski definition) is 6. The molecule has 0 unspecified atom stereocenters. The van der Waals surface area contributed by atoms with Gasteiger partial charge in [0.15, 0.2) is 9.50 Å². The molecule has 1 heterocycles. The molecule has 0 radical (unpaired) electrons. The fourth-order valence-electron chi connectivity index (χ4n) is 1.18. The van der Waals surface area contributed by atoms with E-state index < -0.39 is 21.0 Å². The van der Waals surface area contributed by atoms with Gasteiger partial charge in [-0.15, -0.1) is 11.3 Å². The van der Waals surface area contributed by atoms with Crippen molar-refractivity contribution < 1.29 is 13.5 Å². The molecule has 1 aromatic rings. The number of hydrogen-bond donors (Lipinski definition) is 2. The molecule has 0 aliphatic carbocycles. The van der Waals surface area contributed by atoms with E-state index in [4.69, 9.17) is 11.6 Å². The van der Waals surface area contributed by atoms with Crippen LogP contribution in [0.2, 0.25) is 4.47 Å². The number of thiazole rings is 1. The van der Waals surface area contributed by atoms with Gasteiger partial charge in [-0.2, -0.15) is 0 Å². The lowest BCUT2D eigenvalue weighted by molar-refractivity contribution is -0.485. The van der Waals surface area contributed by atoms with E-state index in [1.807, 2.05) is 4.72 Å². The third-order valence-corrected chi connectivity index (χ3v) is 4.43. The topological polar surface area (TPSA) is 127 Å². The summed E-state index contributed by atoms with van der Waals surface area (Å²) in [5, 5.41) is 14.9. The molecule has 1 rings (SSSR count). The van der Waals surface area contributed by atoms with Crippen LogP contribution in [0, 0.1) is 10.1 Å². The second-order valence-corrected chi connectivity index (χ2v) is 7.08. The molecule has 12 heteroatoms. The van der Waals surface area contributed by atoms with Gasteiger partial charge in [-0.1, -0.05) is 18.5 Å². The minimum Gasteiger partial charge on any atom is -0.345 e. The Hall–Kier alpha value is -1.46. The molecular weight excluding hydrogens is 330 g/mol. The highest BCUT2D eigenvalue weighted by Crippen LogP contribution is 2.17. The quantitative estimate of drug-likeness (QED) is 0.340. The van der Waals surface area contributed by atoms with E-state index in [-0.39, 0.29) is 12.3 Å². The molecule has 0 bridgehead atoms. The molecule has 112 valence electrons. The highest BCUT2D eigenvalue weighted by Gasteiger charge is 2.15. The maximum atomic E-state index is 11.6. The summed E-state index contributed by atoms with van der Waals surface area (Å²) < 4.78 is 25.4. The van der Waals surface area contributed by atoms with Crippen LogP contribution in [-0.2, 0) is 16.6 Å². The molecule has 0 spiro atoms. The number of nitrogens with zero attached hydrogens (tertiary/aromatic N) is 3. The lowest BCUT2D eigenvalue weighted by Crippen LogP contribution is -2.42. The fourth-order valence-corrected chi connectivity index (χ4v) is 3.14. The predicted octanol–water partition coefficient (Wildman–Crippen LogP) is 0.763. The summed E-state index contributed by atoms with van der Waals surface area (Å²) in [6, 6.07) is 0. The number of sulfonamides is 1. The van der Waals surface area contributed by atoms with Crippen LogP contribution in [0.15, 0.2) is 11.3 Å². The summed E-state index contributed by atoms with van der Waals surface area (Å²) in [6.07, 6.45) is 1.86. The van der Waals surface area contributed by atoms with Crippen molar-refractivity contribution in [1.82, 2.24) is 15.0 Å². The Morgan fingerprint density at radius 1 is 1.65 bits per heavy atom. The molecule has 0 amide bonds. The second kappa shape index (κ2) is 7.36. The van der Waals surface area contributed by atoms with Gasteiger partial charge in [-0.25, -0.2) is 28.2 Å². The van der Waals surface area contributed by atoms with Crippen molar-refractivity contribution in [2.75, 3.05) is 5.75 Å². The summed E-state index contributed by atoms with van der Waals surface area (Å²) in [7, 11) is -3.66. The third kappa shape index (κ3) is 6.12. The fraction of sp³-hybridized carbons (Fsp3) is 0.500. The minimum absolute atomic E-state index is 0.117. The summed E-state index contributed by atoms with van der Waals surface area (Å²) in [5.74, 6) is -0.606. The van der Waals surface area contributed by atoms with Crippen LogP contribution in [0.4, 0.5) is 0 Å². The number of nitrogens with one attached hydrogen (secondary N) is 2. The molecule has 0 aliphatic heterocycles. The van der Waals surface area contributed by atoms with E-state index in [0.29, 0.717) is 15.8 Å². The largest absolute Gasteiger partial charge is 0.345 e. The standard InChI is InChI=1S/C8H12ClN5O4S2/c1-2-3-20(17,18)13-8(12-14(15)16)11-5-6-4-10-7(9)19-6/h4H,2-3,5H2,1H3,(H2,11,12,13). The summed E-state index contributed by atoms with van der Waals surface area (Å²) in [5.41, 5.74) is 0. The van der Waals surface area contributed by atoms with Gasteiger partial charge in [-0.3, -0.25) is 0 Å². The Bertz CT molecular complexity index is 600. The van der Waals surface area contributed by atoms with E-state index in [0.717, 1.165) is 0 Å². The van der Waals surface area contributed by atoms with Crippen molar-refractivity contribution in [2.24, 2.45) is 5.10 Å². The van der Waals surface area contributed by atoms with Crippen LogP contribution in [0.3, 0.4) is 0 Å². The zero-order chi connectivity index (χ0) is 15.2. The number of halogens is 1.